The Balaban J connectivity index is 2.06. The number of halogens is 2. The second-order valence-electron chi connectivity index (χ2n) is 6.05. The molecule has 0 aromatic heterocycles. The van der Waals surface area contributed by atoms with Crippen LogP contribution >= 0.6 is 23.2 Å². The molecule has 3 heteroatoms. The summed E-state index contributed by atoms with van der Waals surface area (Å²) >= 11 is 12.0. The molecular weight excluding hydrogens is 289 g/mol. The van der Waals surface area contributed by atoms with E-state index in [-0.39, 0.29) is 5.41 Å². The van der Waals surface area contributed by atoms with Crippen LogP contribution in [0.3, 0.4) is 0 Å². The highest BCUT2D eigenvalue weighted by Gasteiger charge is 2.35. The van der Waals surface area contributed by atoms with Gasteiger partial charge in [0.05, 0.1) is 21.5 Å². The lowest BCUT2D eigenvalue weighted by Gasteiger charge is -2.35. The van der Waals surface area contributed by atoms with Crippen LogP contribution in [0.4, 0.5) is 0 Å². The number of nitriles is 1. The van der Waals surface area contributed by atoms with Crippen LogP contribution in [0, 0.1) is 22.7 Å². The van der Waals surface area contributed by atoms with E-state index in [4.69, 9.17) is 23.2 Å². The number of nitrogens with zero attached hydrogens (tertiary/aromatic N) is 1. The van der Waals surface area contributed by atoms with Gasteiger partial charge in [-0.2, -0.15) is 5.26 Å². The molecule has 1 fully saturated rings. The maximum absolute atomic E-state index is 9.63. The number of rotatable bonds is 4. The van der Waals surface area contributed by atoms with Crippen LogP contribution in [0.1, 0.15) is 51.0 Å². The van der Waals surface area contributed by atoms with Gasteiger partial charge in [-0.1, -0.05) is 49.0 Å². The first-order valence-electron chi connectivity index (χ1n) is 7.44. The quantitative estimate of drug-likeness (QED) is 0.665. The third kappa shape index (κ3) is 3.68. The van der Waals surface area contributed by atoms with Crippen LogP contribution in [0.15, 0.2) is 18.2 Å². The van der Waals surface area contributed by atoms with Crippen molar-refractivity contribution in [3.8, 4) is 6.07 Å². The molecule has 0 amide bonds. The summed E-state index contributed by atoms with van der Waals surface area (Å²) in [5.74, 6) is 0.815. The monoisotopic (exact) mass is 309 g/mol. The first-order valence-corrected chi connectivity index (χ1v) is 8.19. The predicted octanol–water partition coefficient (Wildman–Crippen LogP) is 6.04. The lowest BCUT2D eigenvalue weighted by atomic mass is 9.67. The van der Waals surface area contributed by atoms with E-state index in [0.717, 1.165) is 30.7 Å². The highest BCUT2D eigenvalue weighted by atomic mass is 35.5. The highest BCUT2D eigenvalue weighted by Crippen LogP contribution is 2.42. The number of hydrogen-bond acceptors (Lipinski definition) is 1. The second-order valence-corrected chi connectivity index (χ2v) is 6.86. The Labute approximate surface area is 131 Å². The Bertz CT molecular complexity index is 496. The van der Waals surface area contributed by atoms with Gasteiger partial charge in [-0.3, -0.25) is 0 Å². The Hall–Kier alpha value is -0.710. The number of hydrogen-bond donors (Lipinski definition) is 0. The first kappa shape index (κ1) is 15.7. The van der Waals surface area contributed by atoms with Gasteiger partial charge in [0.2, 0.25) is 0 Å². The van der Waals surface area contributed by atoms with Crippen molar-refractivity contribution >= 4 is 23.2 Å². The molecule has 2 rings (SSSR count). The summed E-state index contributed by atoms with van der Waals surface area (Å²) in [6, 6.07) is 8.31. The van der Waals surface area contributed by atoms with Crippen LogP contribution in [0.5, 0.6) is 0 Å². The molecule has 0 spiro atoms. The summed E-state index contributed by atoms with van der Waals surface area (Å²) in [5.41, 5.74) is 0.913. The highest BCUT2D eigenvalue weighted by molar-refractivity contribution is 6.42. The molecular formula is C17H21Cl2N. The van der Waals surface area contributed by atoms with E-state index < -0.39 is 0 Å². The van der Waals surface area contributed by atoms with Crippen LogP contribution in [0.25, 0.3) is 0 Å². The maximum Gasteiger partial charge on any atom is 0.0693 e. The standard InChI is InChI=1S/C17H21Cl2N/c1-2-3-13-6-8-17(12-20,9-7-13)11-14-4-5-15(18)16(19)10-14/h4-5,10,13H,2-3,6-9,11H2,1H3. The Morgan fingerprint density at radius 1 is 1.25 bits per heavy atom. The largest absolute Gasteiger partial charge is 0.198 e. The average molecular weight is 310 g/mol. The molecule has 0 heterocycles. The summed E-state index contributed by atoms with van der Waals surface area (Å²) in [6.07, 6.45) is 7.72. The minimum absolute atomic E-state index is 0.207. The molecule has 1 aliphatic rings. The molecule has 1 aromatic carbocycles. The smallest absolute Gasteiger partial charge is 0.0693 e. The topological polar surface area (TPSA) is 23.8 Å². The zero-order valence-electron chi connectivity index (χ0n) is 12.0. The van der Waals surface area contributed by atoms with Gasteiger partial charge in [0.15, 0.2) is 0 Å². The van der Waals surface area contributed by atoms with E-state index in [9.17, 15) is 5.26 Å². The van der Waals surface area contributed by atoms with Crippen molar-refractivity contribution in [2.75, 3.05) is 0 Å². The Morgan fingerprint density at radius 2 is 1.95 bits per heavy atom. The second kappa shape index (κ2) is 6.83. The molecule has 1 saturated carbocycles. The molecule has 20 heavy (non-hydrogen) atoms. The van der Waals surface area contributed by atoms with Gasteiger partial charge >= 0.3 is 0 Å². The third-order valence-corrected chi connectivity index (χ3v) is 5.26. The van der Waals surface area contributed by atoms with Crippen LogP contribution in [-0.2, 0) is 6.42 Å². The van der Waals surface area contributed by atoms with E-state index in [1.54, 1.807) is 0 Å². The van der Waals surface area contributed by atoms with Crippen LogP contribution in [0.2, 0.25) is 10.0 Å². The fourth-order valence-electron chi connectivity index (χ4n) is 3.30. The average Bonchev–Trinajstić information content (AvgIpc) is 2.46. The molecule has 0 unspecified atom stereocenters. The third-order valence-electron chi connectivity index (χ3n) is 4.52. The van der Waals surface area contributed by atoms with E-state index in [2.05, 4.69) is 13.0 Å². The summed E-state index contributed by atoms with van der Waals surface area (Å²) in [6.45, 7) is 2.24. The van der Waals surface area contributed by atoms with E-state index in [1.165, 1.54) is 25.7 Å². The van der Waals surface area contributed by atoms with E-state index >= 15 is 0 Å². The van der Waals surface area contributed by atoms with Crippen molar-refractivity contribution in [1.82, 2.24) is 0 Å². The summed E-state index contributed by atoms with van der Waals surface area (Å²) < 4.78 is 0. The van der Waals surface area contributed by atoms with Crippen molar-refractivity contribution in [3.05, 3.63) is 33.8 Å². The van der Waals surface area contributed by atoms with Crippen LogP contribution < -0.4 is 0 Å². The summed E-state index contributed by atoms with van der Waals surface area (Å²) in [7, 11) is 0. The molecule has 0 saturated heterocycles. The lowest BCUT2D eigenvalue weighted by Crippen LogP contribution is -2.28. The summed E-state index contributed by atoms with van der Waals surface area (Å²) in [5, 5.41) is 10.8. The SMILES string of the molecule is CCCC1CCC(C#N)(Cc2ccc(Cl)c(Cl)c2)CC1. The lowest BCUT2D eigenvalue weighted by molar-refractivity contribution is 0.201. The zero-order chi connectivity index (χ0) is 14.6. The molecule has 0 bridgehead atoms. The molecule has 0 atom stereocenters. The normalized spacial score (nSPS) is 26.2. The maximum atomic E-state index is 9.63. The summed E-state index contributed by atoms with van der Waals surface area (Å²) in [4.78, 5) is 0. The molecule has 0 aliphatic heterocycles. The van der Waals surface area contributed by atoms with Crippen LogP contribution in [-0.4, -0.2) is 0 Å². The molecule has 0 N–H and O–H groups in total. The van der Waals surface area contributed by atoms with Gasteiger partial charge in [-0.15, -0.1) is 0 Å². The van der Waals surface area contributed by atoms with Gasteiger partial charge in [-0.25, -0.2) is 0 Å². The molecule has 108 valence electrons. The Morgan fingerprint density at radius 3 is 2.50 bits per heavy atom. The fraction of sp³-hybridized carbons (Fsp3) is 0.588. The molecule has 0 radical (unpaired) electrons. The van der Waals surface area contributed by atoms with E-state index in [1.807, 2.05) is 18.2 Å². The van der Waals surface area contributed by atoms with Gasteiger partial charge in [0.1, 0.15) is 0 Å². The zero-order valence-corrected chi connectivity index (χ0v) is 13.5. The predicted molar refractivity (Wildman–Crippen MR) is 85.1 cm³/mol. The van der Waals surface area contributed by atoms with E-state index in [0.29, 0.717) is 10.0 Å². The Kier molecular flexibility index (Phi) is 5.35. The van der Waals surface area contributed by atoms with Gasteiger partial charge in [0, 0.05) is 0 Å². The van der Waals surface area contributed by atoms with Crippen molar-refractivity contribution in [2.24, 2.45) is 11.3 Å². The van der Waals surface area contributed by atoms with Crippen molar-refractivity contribution in [3.63, 3.8) is 0 Å². The molecule has 1 aliphatic carbocycles. The minimum Gasteiger partial charge on any atom is -0.198 e. The fourth-order valence-corrected chi connectivity index (χ4v) is 3.62. The van der Waals surface area contributed by atoms with Gasteiger partial charge < -0.3 is 0 Å². The van der Waals surface area contributed by atoms with Crippen molar-refractivity contribution in [1.29, 1.82) is 5.26 Å². The van der Waals surface area contributed by atoms with Gasteiger partial charge in [-0.05, 0) is 55.7 Å². The minimum atomic E-state index is -0.207. The number of benzene rings is 1. The van der Waals surface area contributed by atoms with Crippen molar-refractivity contribution in [2.45, 2.75) is 51.9 Å². The van der Waals surface area contributed by atoms with Crippen molar-refractivity contribution < 1.29 is 0 Å². The molecule has 1 nitrogen and oxygen atoms in total. The first-order chi connectivity index (χ1) is 9.58. The van der Waals surface area contributed by atoms with Gasteiger partial charge in [0.25, 0.3) is 0 Å². The molecule has 1 aromatic rings.